The number of nitrogens with one attached hydrogen (secondary N) is 3. The van der Waals surface area contributed by atoms with Crippen molar-refractivity contribution in [2.75, 3.05) is 43.7 Å². The summed E-state index contributed by atoms with van der Waals surface area (Å²) in [5.41, 5.74) is 3.29. The highest BCUT2D eigenvalue weighted by Gasteiger charge is 2.22. The van der Waals surface area contributed by atoms with E-state index in [1.807, 2.05) is 56.6 Å². The van der Waals surface area contributed by atoms with Gasteiger partial charge < -0.3 is 30.3 Å². The predicted octanol–water partition coefficient (Wildman–Crippen LogP) is 7.26. The van der Waals surface area contributed by atoms with Crippen molar-refractivity contribution in [3.8, 4) is 17.4 Å². The average molecular weight is 569 g/mol. The fourth-order valence-electron chi connectivity index (χ4n) is 4.81. The first-order chi connectivity index (χ1) is 20.1. The summed E-state index contributed by atoms with van der Waals surface area (Å²) in [4.78, 5) is 24.3. The van der Waals surface area contributed by atoms with Crippen LogP contribution in [0.5, 0.6) is 17.4 Å². The van der Waals surface area contributed by atoms with E-state index in [2.05, 4.69) is 57.7 Å². The molecule has 0 saturated heterocycles. The summed E-state index contributed by atoms with van der Waals surface area (Å²) in [5, 5.41) is 11.0. The molecule has 1 saturated carbocycles. The fourth-order valence-corrected chi connectivity index (χ4v) is 4.81. The second-order valence-corrected chi connectivity index (χ2v) is 12.1. The summed E-state index contributed by atoms with van der Waals surface area (Å²) >= 11 is 0. The maximum Gasteiger partial charge on any atom is 0.323 e. The smallest absolute Gasteiger partial charge is 0.323 e. The van der Waals surface area contributed by atoms with Crippen molar-refractivity contribution in [1.82, 2.24) is 14.9 Å². The molecule has 1 aliphatic carbocycles. The molecule has 2 amide bonds. The summed E-state index contributed by atoms with van der Waals surface area (Å²) in [6.07, 6.45) is 4.19. The molecule has 4 aromatic rings. The van der Waals surface area contributed by atoms with Crippen molar-refractivity contribution >= 4 is 34.1 Å². The van der Waals surface area contributed by atoms with Crippen LogP contribution in [0, 0.1) is 5.92 Å². The Labute approximate surface area is 247 Å². The molecule has 1 aliphatic rings. The van der Waals surface area contributed by atoms with Crippen LogP contribution in [0.15, 0.2) is 60.8 Å². The van der Waals surface area contributed by atoms with E-state index in [9.17, 15) is 4.79 Å². The molecule has 42 heavy (non-hydrogen) atoms. The molecule has 1 aromatic heterocycles. The van der Waals surface area contributed by atoms with Crippen LogP contribution in [-0.4, -0.2) is 48.6 Å². The highest BCUT2D eigenvalue weighted by atomic mass is 16.5. The zero-order valence-corrected chi connectivity index (χ0v) is 25.2. The largest absolute Gasteiger partial charge is 0.494 e. The Balaban J connectivity index is 1.38. The van der Waals surface area contributed by atoms with Crippen molar-refractivity contribution < 1.29 is 14.3 Å². The quantitative estimate of drug-likeness (QED) is 0.185. The van der Waals surface area contributed by atoms with E-state index in [1.165, 1.54) is 12.8 Å². The monoisotopic (exact) mass is 568 g/mol. The topological polar surface area (TPSA) is 101 Å². The molecule has 3 N–H and O–H groups in total. The number of methoxy groups -OCH3 is 1. The number of urea groups is 1. The van der Waals surface area contributed by atoms with E-state index in [0.717, 1.165) is 28.4 Å². The number of anilines is 3. The first kappa shape index (κ1) is 29.1. The van der Waals surface area contributed by atoms with Crippen molar-refractivity contribution in [3.63, 3.8) is 0 Å². The molecule has 0 unspecified atom stereocenters. The number of fused-ring (bicyclic) bond motifs is 1. The van der Waals surface area contributed by atoms with Crippen molar-refractivity contribution in [2.45, 2.75) is 45.6 Å². The second kappa shape index (κ2) is 12.2. The zero-order valence-electron chi connectivity index (χ0n) is 25.2. The van der Waals surface area contributed by atoms with E-state index < -0.39 is 0 Å². The van der Waals surface area contributed by atoms with Gasteiger partial charge in [0.15, 0.2) is 0 Å². The summed E-state index contributed by atoms with van der Waals surface area (Å²) in [6, 6.07) is 17.0. The van der Waals surface area contributed by atoms with Gasteiger partial charge in [-0.2, -0.15) is 4.98 Å². The van der Waals surface area contributed by atoms with Gasteiger partial charge in [-0.15, -0.1) is 0 Å². The molecule has 9 nitrogen and oxygen atoms in total. The van der Waals surface area contributed by atoms with Crippen molar-refractivity contribution in [2.24, 2.45) is 5.92 Å². The minimum Gasteiger partial charge on any atom is -0.494 e. The minimum absolute atomic E-state index is 0.107. The molecule has 3 aromatic carbocycles. The van der Waals surface area contributed by atoms with Crippen LogP contribution in [0.25, 0.3) is 10.8 Å². The van der Waals surface area contributed by atoms with Crippen molar-refractivity contribution in [3.05, 3.63) is 71.9 Å². The first-order valence-electron chi connectivity index (χ1n) is 14.3. The molecule has 0 bridgehead atoms. The zero-order chi connectivity index (χ0) is 29.9. The van der Waals surface area contributed by atoms with Crippen LogP contribution >= 0.6 is 0 Å². The third-order valence-corrected chi connectivity index (χ3v) is 7.19. The fraction of sp³-hybridized carbons (Fsp3) is 0.364. The molecule has 0 aliphatic heterocycles. The Hall–Kier alpha value is -4.37. The van der Waals surface area contributed by atoms with Gasteiger partial charge in [0.1, 0.15) is 11.5 Å². The third kappa shape index (κ3) is 7.09. The van der Waals surface area contributed by atoms with E-state index >= 15 is 0 Å². The van der Waals surface area contributed by atoms with Crippen LogP contribution in [0.4, 0.5) is 22.1 Å². The highest BCUT2D eigenvalue weighted by molar-refractivity contribution is 6.08. The number of ether oxygens (including phenoxy) is 2. The van der Waals surface area contributed by atoms with Gasteiger partial charge in [0.05, 0.1) is 18.5 Å². The van der Waals surface area contributed by atoms with E-state index in [0.29, 0.717) is 47.2 Å². The lowest BCUT2D eigenvalue weighted by atomic mass is 9.85. The molecule has 0 spiro atoms. The molecule has 9 heteroatoms. The number of rotatable bonds is 10. The van der Waals surface area contributed by atoms with Gasteiger partial charge in [0.2, 0.25) is 11.8 Å². The van der Waals surface area contributed by atoms with E-state index in [1.54, 1.807) is 19.4 Å². The van der Waals surface area contributed by atoms with E-state index in [4.69, 9.17) is 9.47 Å². The molecule has 0 radical (unpaired) electrons. The van der Waals surface area contributed by atoms with Crippen LogP contribution in [-0.2, 0) is 12.0 Å². The molecular formula is C33H40N6O3. The lowest BCUT2D eigenvalue weighted by molar-refractivity contribution is 0.262. The molecule has 220 valence electrons. The summed E-state index contributed by atoms with van der Waals surface area (Å²) in [5.74, 6) is 3.00. The predicted molar refractivity (Wildman–Crippen MR) is 169 cm³/mol. The van der Waals surface area contributed by atoms with Crippen LogP contribution in [0.3, 0.4) is 0 Å². The van der Waals surface area contributed by atoms with Gasteiger partial charge in [0.25, 0.3) is 0 Å². The summed E-state index contributed by atoms with van der Waals surface area (Å²) in [6.45, 7) is 8.01. The van der Waals surface area contributed by atoms with Gasteiger partial charge in [0, 0.05) is 41.7 Å². The highest BCUT2D eigenvalue weighted by Crippen LogP contribution is 2.37. The Morgan fingerprint density at radius 1 is 1.00 bits per heavy atom. The maximum absolute atomic E-state index is 13.4. The van der Waals surface area contributed by atoms with Gasteiger partial charge in [-0.3, -0.25) is 0 Å². The van der Waals surface area contributed by atoms with Crippen LogP contribution in [0.2, 0.25) is 0 Å². The number of amides is 2. The first-order valence-corrected chi connectivity index (χ1v) is 14.3. The summed E-state index contributed by atoms with van der Waals surface area (Å²) < 4.78 is 12.0. The number of aromatic nitrogens is 2. The number of hydrogen-bond donors (Lipinski definition) is 3. The normalized spacial score (nSPS) is 13.2. The molecule has 0 atom stereocenters. The van der Waals surface area contributed by atoms with E-state index in [-0.39, 0.29) is 11.4 Å². The molecule has 1 heterocycles. The Bertz CT molecular complexity index is 1580. The number of carbonyl (C=O) groups excluding carboxylic acids is 1. The van der Waals surface area contributed by atoms with Gasteiger partial charge in [-0.25, -0.2) is 9.78 Å². The Kier molecular flexibility index (Phi) is 8.49. The second-order valence-electron chi connectivity index (χ2n) is 12.1. The van der Waals surface area contributed by atoms with Crippen molar-refractivity contribution in [1.29, 1.82) is 0 Å². The SMILES string of the molecule is COc1c(CN(C)C)cc(C(C)(C)C)cc1NC(=O)Nc1ccc(Oc2ccnc(NCC3CC3)n2)c2ccccc12. The van der Waals surface area contributed by atoms with Crippen LogP contribution < -0.4 is 25.4 Å². The summed E-state index contributed by atoms with van der Waals surface area (Å²) in [7, 11) is 5.65. The number of nitrogens with zero attached hydrogens (tertiary/aromatic N) is 3. The number of benzene rings is 3. The number of hydrogen-bond acceptors (Lipinski definition) is 7. The lowest BCUT2D eigenvalue weighted by Gasteiger charge is -2.25. The Morgan fingerprint density at radius 3 is 2.43 bits per heavy atom. The van der Waals surface area contributed by atoms with Gasteiger partial charge in [-0.1, -0.05) is 51.1 Å². The third-order valence-electron chi connectivity index (χ3n) is 7.19. The maximum atomic E-state index is 13.4. The van der Waals surface area contributed by atoms with Crippen LogP contribution in [0.1, 0.15) is 44.7 Å². The standard InChI is InChI=1S/C33H40N6O3/c1-33(2,3)23-17-22(20-39(4)5)30(41-6)27(18-23)37-32(40)36-26-13-14-28(25-10-8-7-9-24(25)26)42-29-15-16-34-31(38-29)35-19-21-11-12-21/h7-10,13-18,21H,11-12,19-20H2,1-6H3,(H,34,35,38)(H2,36,37,40). The number of carbonyl (C=O) groups is 1. The Morgan fingerprint density at radius 2 is 1.74 bits per heavy atom. The van der Waals surface area contributed by atoms with Gasteiger partial charge in [-0.05, 0) is 62.0 Å². The molecule has 1 fully saturated rings. The minimum atomic E-state index is -0.365. The van der Waals surface area contributed by atoms with Gasteiger partial charge >= 0.3 is 6.03 Å². The lowest BCUT2D eigenvalue weighted by Crippen LogP contribution is -2.22. The average Bonchev–Trinajstić information content (AvgIpc) is 3.77. The molecular weight excluding hydrogens is 528 g/mol. The molecule has 5 rings (SSSR count).